The van der Waals surface area contributed by atoms with Gasteiger partial charge in [-0.15, -0.1) is 0 Å². The molecular formula is C21H16N4O3S. The van der Waals surface area contributed by atoms with Gasteiger partial charge in [-0.05, 0) is 41.5 Å². The third kappa shape index (κ3) is 3.98. The van der Waals surface area contributed by atoms with Crippen LogP contribution in [0.15, 0.2) is 66.1 Å². The number of hydrogen-bond donors (Lipinski definition) is 3. The molecule has 1 amide bonds. The zero-order valence-electron chi connectivity index (χ0n) is 15.2. The van der Waals surface area contributed by atoms with Gasteiger partial charge in [0.25, 0.3) is 5.91 Å². The predicted molar refractivity (Wildman–Crippen MR) is 114 cm³/mol. The van der Waals surface area contributed by atoms with Gasteiger partial charge in [-0.2, -0.15) is 0 Å². The van der Waals surface area contributed by atoms with Crippen molar-refractivity contribution in [3.63, 3.8) is 0 Å². The monoisotopic (exact) mass is 404 g/mol. The lowest BCUT2D eigenvalue weighted by Gasteiger charge is -2.04. The highest BCUT2D eigenvalue weighted by atomic mass is 32.1. The summed E-state index contributed by atoms with van der Waals surface area (Å²) in [5.41, 5.74) is 3.83. The lowest BCUT2D eigenvalue weighted by atomic mass is 10.1. The first kappa shape index (κ1) is 18.7. The highest BCUT2D eigenvalue weighted by Gasteiger charge is 2.12. The van der Waals surface area contributed by atoms with E-state index in [1.807, 2.05) is 12.1 Å². The molecule has 3 N–H and O–H groups in total. The van der Waals surface area contributed by atoms with Crippen molar-refractivity contribution < 1.29 is 9.90 Å². The standard InChI is InChI=1S/C21H16N4O3S/c1-12(11-26)13-2-4-14(5-3-13)19(28)25-21-24-17-8-7-16(23-20(17)29-21)15-6-9-18(27)22-10-15/h2-10,26H,1,11H2,(H,22,27)(H,24,25,28). The van der Waals surface area contributed by atoms with Crippen molar-refractivity contribution in [3.05, 3.63) is 82.8 Å². The summed E-state index contributed by atoms with van der Waals surface area (Å²) in [7, 11) is 0. The van der Waals surface area contributed by atoms with Crippen LogP contribution in [0.2, 0.25) is 0 Å². The van der Waals surface area contributed by atoms with Gasteiger partial charge < -0.3 is 10.1 Å². The molecule has 0 radical (unpaired) electrons. The number of fused-ring (bicyclic) bond motifs is 1. The van der Waals surface area contributed by atoms with Crippen molar-refractivity contribution in [1.29, 1.82) is 0 Å². The SMILES string of the molecule is C=C(CO)c1ccc(C(=O)Nc2nc3ccc(-c4ccc(=O)[nH]c4)nc3s2)cc1. The van der Waals surface area contributed by atoms with Gasteiger partial charge >= 0.3 is 0 Å². The zero-order valence-corrected chi connectivity index (χ0v) is 16.0. The molecule has 0 saturated carbocycles. The van der Waals surface area contributed by atoms with E-state index in [1.54, 1.807) is 36.5 Å². The summed E-state index contributed by atoms with van der Waals surface area (Å²) in [4.78, 5) is 36.0. The second-order valence-corrected chi connectivity index (χ2v) is 7.25. The van der Waals surface area contributed by atoms with Gasteiger partial charge in [0.05, 0.1) is 12.3 Å². The molecule has 0 spiro atoms. The largest absolute Gasteiger partial charge is 0.392 e. The Bertz CT molecular complexity index is 1250. The van der Waals surface area contributed by atoms with Crippen molar-refractivity contribution >= 4 is 38.3 Å². The quantitative estimate of drug-likeness (QED) is 0.473. The van der Waals surface area contributed by atoms with Gasteiger partial charge in [0, 0.05) is 23.4 Å². The number of anilines is 1. The van der Waals surface area contributed by atoms with E-state index >= 15 is 0 Å². The molecule has 1 aromatic carbocycles. The fourth-order valence-corrected chi connectivity index (χ4v) is 3.55. The third-order valence-corrected chi connectivity index (χ3v) is 5.18. The zero-order chi connectivity index (χ0) is 20.4. The molecular weight excluding hydrogens is 388 g/mol. The fourth-order valence-electron chi connectivity index (χ4n) is 2.72. The van der Waals surface area contributed by atoms with Crippen LogP contribution in [0, 0.1) is 0 Å². The number of aliphatic hydroxyl groups excluding tert-OH is 1. The van der Waals surface area contributed by atoms with E-state index in [1.165, 1.54) is 17.4 Å². The van der Waals surface area contributed by atoms with Crippen LogP contribution >= 0.6 is 11.3 Å². The summed E-state index contributed by atoms with van der Waals surface area (Å²) in [6.45, 7) is 3.63. The molecule has 3 heterocycles. The lowest BCUT2D eigenvalue weighted by molar-refractivity contribution is 0.102. The first-order chi connectivity index (χ1) is 14.0. The van der Waals surface area contributed by atoms with Gasteiger partial charge in [0.15, 0.2) is 5.13 Å². The van der Waals surface area contributed by atoms with Crippen LogP contribution < -0.4 is 10.9 Å². The lowest BCUT2D eigenvalue weighted by Crippen LogP contribution is -2.11. The average molecular weight is 404 g/mol. The first-order valence-corrected chi connectivity index (χ1v) is 9.52. The van der Waals surface area contributed by atoms with Crippen LogP contribution in [0.1, 0.15) is 15.9 Å². The summed E-state index contributed by atoms with van der Waals surface area (Å²) in [6, 6.07) is 13.6. The molecule has 4 aromatic rings. The molecule has 144 valence electrons. The molecule has 0 fully saturated rings. The van der Waals surface area contributed by atoms with Crippen molar-refractivity contribution in [2.75, 3.05) is 11.9 Å². The van der Waals surface area contributed by atoms with E-state index in [-0.39, 0.29) is 18.1 Å². The van der Waals surface area contributed by atoms with Gasteiger partial charge in [-0.3, -0.25) is 14.9 Å². The van der Waals surface area contributed by atoms with Crippen LogP contribution in [0.3, 0.4) is 0 Å². The van der Waals surface area contributed by atoms with Gasteiger partial charge in [-0.25, -0.2) is 9.97 Å². The van der Waals surface area contributed by atoms with E-state index in [9.17, 15) is 9.59 Å². The smallest absolute Gasteiger partial charge is 0.257 e. The molecule has 3 aromatic heterocycles. The highest BCUT2D eigenvalue weighted by Crippen LogP contribution is 2.27. The normalized spacial score (nSPS) is 10.8. The van der Waals surface area contributed by atoms with Crippen LogP contribution in [-0.4, -0.2) is 32.6 Å². The molecule has 4 rings (SSSR count). The summed E-state index contributed by atoms with van der Waals surface area (Å²) in [5, 5.41) is 12.4. The van der Waals surface area contributed by atoms with Crippen molar-refractivity contribution in [3.8, 4) is 11.3 Å². The minimum Gasteiger partial charge on any atom is -0.392 e. The number of rotatable bonds is 5. The van der Waals surface area contributed by atoms with E-state index < -0.39 is 0 Å². The molecule has 0 aliphatic rings. The number of pyridine rings is 2. The van der Waals surface area contributed by atoms with Crippen molar-refractivity contribution in [2.45, 2.75) is 0 Å². The van der Waals surface area contributed by atoms with Crippen LogP contribution in [0.25, 0.3) is 27.2 Å². The number of aliphatic hydroxyl groups is 1. The number of benzene rings is 1. The van der Waals surface area contributed by atoms with Gasteiger partial charge in [-0.1, -0.05) is 30.0 Å². The minimum atomic E-state index is -0.286. The Hall–Kier alpha value is -3.62. The molecule has 0 aliphatic carbocycles. The summed E-state index contributed by atoms with van der Waals surface area (Å²) >= 11 is 1.27. The number of carbonyl (C=O) groups excluding carboxylic acids is 1. The molecule has 0 bridgehead atoms. The third-order valence-electron chi connectivity index (χ3n) is 4.30. The molecule has 0 atom stereocenters. The number of nitrogens with one attached hydrogen (secondary N) is 2. The number of aromatic amines is 1. The number of nitrogens with zero attached hydrogens (tertiary/aromatic N) is 2. The second kappa shape index (κ2) is 7.78. The number of thiazole rings is 1. The van der Waals surface area contributed by atoms with Gasteiger partial charge in [0.2, 0.25) is 5.56 Å². The molecule has 0 unspecified atom stereocenters. The number of aromatic nitrogens is 3. The van der Waals surface area contributed by atoms with Crippen LogP contribution in [-0.2, 0) is 0 Å². The molecule has 0 saturated heterocycles. The van der Waals surface area contributed by atoms with Crippen molar-refractivity contribution in [1.82, 2.24) is 15.0 Å². The Balaban J connectivity index is 1.55. The van der Waals surface area contributed by atoms with E-state index in [2.05, 4.69) is 26.8 Å². The topological polar surface area (TPSA) is 108 Å². The van der Waals surface area contributed by atoms with E-state index in [0.29, 0.717) is 32.3 Å². The maximum Gasteiger partial charge on any atom is 0.257 e. The number of carbonyl (C=O) groups is 1. The highest BCUT2D eigenvalue weighted by molar-refractivity contribution is 7.22. The Labute approximate surface area is 169 Å². The molecule has 8 heteroatoms. The summed E-state index contributed by atoms with van der Waals surface area (Å²) in [6.07, 6.45) is 1.61. The van der Waals surface area contributed by atoms with Crippen LogP contribution in [0.5, 0.6) is 0 Å². The Morgan fingerprint density at radius 1 is 1.07 bits per heavy atom. The maximum atomic E-state index is 12.5. The minimum absolute atomic E-state index is 0.134. The molecule has 7 nitrogen and oxygen atoms in total. The maximum absolute atomic E-state index is 12.5. The molecule has 29 heavy (non-hydrogen) atoms. The van der Waals surface area contributed by atoms with Gasteiger partial charge in [0.1, 0.15) is 10.3 Å². The van der Waals surface area contributed by atoms with E-state index in [0.717, 1.165) is 11.1 Å². The summed E-state index contributed by atoms with van der Waals surface area (Å²) in [5.74, 6) is -0.286. The van der Waals surface area contributed by atoms with Crippen molar-refractivity contribution in [2.24, 2.45) is 0 Å². The predicted octanol–water partition coefficient (Wildman–Crippen LogP) is 3.30. The Morgan fingerprint density at radius 3 is 2.52 bits per heavy atom. The molecule has 0 aliphatic heterocycles. The Kier molecular flexibility index (Phi) is 5.03. The summed E-state index contributed by atoms with van der Waals surface area (Å²) < 4.78 is 0. The number of amides is 1. The number of hydrogen-bond acceptors (Lipinski definition) is 6. The average Bonchev–Trinajstić information content (AvgIpc) is 3.15. The second-order valence-electron chi connectivity index (χ2n) is 6.27. The van der Waals surface area contributed by atoms with Crippen LogP contribution in [0.4, 0.5) is 5.13 Å². The van der Waals surface area contributed by atoms with E-state index in [4.69, 9.17) is 5.11 Å². The Morgan fingerprint density at radius 2 is 1.83 bits per heavy atom. The number of H-pyrrole nitrogens is 1. The first-order valence-electron chi connectivity index (χ1n) is 8.70. The fraction of sp³-hybridized carbons (Fsp3) is 0.0476.